The van der Waals surface area contributed by atoms with Crippen molar-refractivity contribution in [2.75, 3.05) is 6.61 Å². The second-order valence-corrected chi connectivity index (χ2v) is 5.26. The predicted molar refractivity (Wildman–Crippen MR) is 66.9 cm³/mol. The van der Waals surface area contributed by atoms with Crippen molar-refractivity contribution in [2.45, 2.75) is 38.2 Å². The minimum absolute atomic E-state index is 0. The molecule has 19 heavy (non-hydrogen) atoms. The molecule has 0 radical (unpaired) electrons. The van der Waals surface area contributed by atoms with Crippen molar-refractivity contribution in [3.8, 4) is 0 Å². The van der Waals surface area contributed by atoms with Gasteiger partial charge in [-0.05, 0) is 30.7 Å². The molecule has 0 bridgehead atoms. The van der Waals surface area contributed by atoms with Crippen LogP contribution in [0, 0.1) is 5.92 Å². The molecule has 98 valence electrons. The molecule has 1 aromatic rings. The number of carboxylic acid groups (broad SMARTS) is 1. The molecule has 0 saturated carbocycles. The van der Waals surface area contributed by atoms with Crippen LogP contribution < -0.4 is 34.7 Å². The molecule has 0 aliphatic carbocycles. The fourth-order valence-electron chi connectivity index (χ4n) is 2.31. The number of hydrogen-bond donors (Lipinski definition) is 0. The molecule has 1 heterocycles. The van der Waals surface area contributed by atoms with E-state index in [4.69, 9.17) is 4.74 Å². The first-order valence-corrected chi connectivity index (χ1v) is 6.52. The number of aliphatic carboxylic acids is 1. The number of carbonyl (C=O) groups excluding carboxylic acids is 1. The Balaban J connectivity index is 0.00000180. The number of epoxide rings is 1. The Hall–Kier alpha value is -0.350. The quantitative estimate of drug-likeness (QED) is 0.450. The number of carboxylic acids is 1. The van der Waals surface area contributed by atoms with Crippen LogP contribution in [0.1, 0.15) is 31.7 Å². The Morgan fingerprint density at radius 2 is 2.05 bits per heavy atom. The molecule has 4 heteroatoms. The fraction of sp³-hybridized carbons (Fsp3) is 0.533. The summed E-state index contributed by atoms with van der Waals surface area (Å²) in [6.45, 7) is 2.52. The number of hydrogen-bond acceptors (Lipinski definition) is 3. The van der Waals surface area contributed by atoms with E-state index in [1.807, 2.05) is 18.2 Å². The van der Waals surface area contributed by atoms with Crippen molar-refractivity contribution in [3.05, 3.63) is 35.9 Å². The fourth-order valence-corrected chi connectivity index (χ4v) is 2.31. The molecule has 3 nitrogen and oxygen atoms in total. The van der Waals surface area contributed by atoms with Gasteiger partial charge in [-0.15, -0.1) is 0 Å². The molecule has 1 aliphatic rings. The van der Waals surface area contributed by atoms with E-state index < -0.39 is 11.6 Å². The maximum Gasteiger partial charge on any atom is 1.00 e. The molecule has 0 aromatic heterocycles. The molecular weight excluding hydrogens is 251 g/mol. The van der Waals surface area contributed by atoms with Gasteiger partial charge in [-0.2, -0.15) is 0 Å². The summed E-state index contributed by atoms with van der Waals surface area (Å²) in [6.07, 6.45) is 3.52. The minimum atomic E-state index is -1.06. The van der Waals surface area contributed by atoms with Crippen LogP contribution in [-0.4, -0.2) is 18.2 Å². The van der Waals surface area contributed by atoms with E-state index in [0.29, 0.717) is 18.9 Å². The zero-order valence-electron chi connectivity index (χ0n) is 11.7. The minimum Gasteiger partial charge on any atom is -0.547 e. The molecule has 2 atom stereocenters. The van der Waals surface area contributed by atoms with E-state index in [1.165, 1.54) is 5.56 Å². The van der Waals surface area contributed by atoms with Gasteiger partial charge in [0, 0.05) is 0 Å². The van der Waals surface area contributed by atoms with Crippen LogP contribution in [0.2, 0.25) is 0 Å². The summed E-state index contributed by atoms with van der Waals surface area (Å²) in [7, 11) is 0. The molecule has 0 amide bonds. The molecule has 0 N–H and O–H groups in total. The average Bonchev–Trinajstić information content (AvgIpc) is 3.11. The van der Waals surface area contributed by atoms with Gasteiger partial charge in [0.15, 0.2) is 0 Å². The zero-order chi connectivity index (χ0) is 13.0. The van der Waals surface area contributed by atoms with Gasteiger partial charge in [0.25, 0.3) is 0 Å². The van der Waals surface area contributed by atoms with Crippen molar-refractivity contribution < 1.29 is 44.2 Å². The van der Waals surface area contributed by atoms with Crippen LogP contribution in [0.3, 0.4) is 0 Å². The molecule has 1 fully saturated rings. The van der Waals surface area contributed by atoms with Crippen molar-refractivity contribution in [1.82, 2.24) is 0 Å². The van der Waals surface area contributed by atoms with Gasteiger partial charge in [0.05, 0.1) is 12.6 Å². The van der Waals surface area contributed by atoms with Crippen LogP contribution in [0.5, 0.6) is 0 Å². The molecular formula is C15H19NaO3. The summed E-state index contributed by atoms with van der Waals surface area (Å²) in [6, 6.07) is 10.4. The molecule has 2 unspecified atom stereocenters. The predicted octanol–water partition coefficient (Wildman–Crippen LogP) is -1.44. The molecule has 2 rings (SSSR count). The van der Waals surface area contributed by atoms with Crippen LogP contribution in [0.25, 0.3) is 0 Å². The maximum absolute atomic E-state index is 10.8. The Labute approximate surface area is 136 Å². The van der Waals surface area contributed by atoms with E-state index in [1.54, 1.807) is 0 Å². The van der Waals surface area contributed by atoms with Gasteiger partial charge < -0.3 is 14.6 Å². The first-order chi connectivity index (χ1) is 8.62. The van der Waals surface area contributed by atoms with Gasteiger partial charge in [0.1, 0.15) is 5.60 Å². The van der Waals surface area contributed by atoms with Crippen LogP contribution >= 0.6 is 0 Å². The first-order valence-electron chi connectivity index (χ1n) is 6.52. The largest absolute Gasteiger partial charge is 1.00 e. The second-order valence-electron chi connectivity index (χ2n) is 5.26. The van der Waals surface area contributed by atoms with E-state index in [-0.39, 0.29) is 29.6 Å². The zero-order valence-corrected chi connectivity index (χ0v) is 13.7. The standard InChI is InChI=1S/C15H20O3.Na/c1-12(10-13-7-3-2-4-8-13)6-5-9-15(11-18-15)14(16)17;/h2-4,7-8,12H,5-6,9-11H2,1H3,(H,16,17);/q;+1/p-1. The smallest absolute Gasteiger partial charge is 0.547 e. The third-order valence-electron chi connectivity index (χ3n) is 3.57. The summed E-state index contributed by atoms with van der Waals surface area (Å²) >= 11 is 0. The summed E-state index contributed by atoms with van der Waals surface area (Å²) < 4.78 is 5.00. The Kier molecular flexibility index (Phi) is 6.54. The van der Waals surface area contributed by atoms with Crippen molar-refractivity contribution in [2.24, 2.45) is 5.92 Å². The average molecular weight is 270 g/mol. The third-order valence-corrected chi connectivity index (χ3v) is 3.57. The SMILES string of the molecule is CC(CCCC1(C(=O)[O-])CO1)Cc1ccccc1.[Na+]. The second kappa shape index (κ2) is 7.44. The van der Waals surface area contributed by atoms with Crippen LogP contribution in [-0.2, 0) is 16.0 Å². The van der Waals surface area contributed by atoms with E-state index in [9.17, 15) is 9.90 Å². The molecule has 1 aliphatic heterocycles. The topological polar surface area (TPSA) is 52.7 Å². The van der Waals surface area contributed by atoms with Gasteiger partial charge >= 0.3 is 29.6 Å². The normalized spacial score (nSPS) is 22.4. The number of ether oxygens (including phenoxy) is 1. The molecule has 1 saturated heterocycles. The summed E-state index contributed by atoms with van der Waals surface area (Å²) in [4.78, 5) is 10.8. The van der Waals surface area contributed by atoms with Gasteiger partial charge in [-0.3, -0.25) is 0 Å². The van der Waals surface area contributed by atoms with Crippen molar-refractivity contribution in [1.29, 1.82) is 0 Å². The van der Waals surface area contributed by atoms with Gasteiger partial charge in [0.2, 0.25) is 0 Å². The number of benzene rings is 1. The Morgan fingerprint density at radius 1 is 1.42 bits per heavy atom. The van der Waals surface area contributed by atoms with E-state index in [0.717, 1.165) is 19.3 Å². The van der Waals surface area contributed by atoms with Crippen LogP contribution in [0.4, 0.5) is 0 Å². The van der Waals surface area contributed by atoms with Crippen molar-refractivity contribution >= 4 is 5.97 Å². The monoisotopic (exact) mass is 270 g/mol. The maximum atomic E-state index is 10.8. The Morgan fingerprint density at radius 3 is 2.58 bits per heavy atom. The third kappa shape index (κ3) is 4.92. The summed E-state index contributed by atoms with van der Waals surface area (Å²) in [5.74, 6) is -0.497. The van der Waals surface area contributed by atoms with E-state index >= 15 is 0 Å². The summed E-state index contributed by atoms with van der Waals surface area (Å²) in [5.41, 5.74) is 0.384. The van der Waals surface area contributed by atoms with E-state index in [2.05, 4.69) is 19.1 Å². The van der Waals surface area contributed by atoms with Crippen LogP contribution in [0.15, 0.2) is 30.3 Å². The Bertz CT molecular complexity index is 401. The first kappa shape index (κ1) is 16.7. The number of carbonyl (C=O) groups is 1. The summed E-state index contributed by atoms with van der Waals surface area (Å²) in [5, 5.41) is 10.8. The molecule has 1 aromatic carbocycles. The van der Waals surface area contributed by atoms with Crippen molar-refractivity contribution in [3.63, 3.8) is 0 Å². The molecule has 0 spiro atoms. The van der Waals surface area contributed by atoms with Gasteiger partial charge in [-0.25, -0.2) is 0 Å². The van der Waals surface area contributed by atoms with Gasteiger partial charge in [-0.1, -0.05) is 43.7 Å². The number of rotatable bonds is 7.